The third kappa shape index (κ3) is 2.54. The van der Waals surface area contributed by atoms with Crippen molar-refractivity contribution in [1.29, 1.82) is 0 Å². The molecule has 0 aromatic rings. The predicted molar refractivity (Wildman–Crippen MR) is 64.9 cm³/mol. The van der Waals surface area contributed by atoms with E-state index in [2.05, 4.69) is 4.90 Å². The number of nitrogens with two attached hydrogens (primary N) is 1. The average molecular weight is 210 g/mol. The van der Waals surface area contributed by atoms with Crippen molar-refractivity contribution in [3.05, 3.63) is 0 Å². The number of hydrogen-bond acceptors (Lipinski definition) is 2. The van der Waals surface area contributed by atoms with Crippen LogP contribution in [0.5, 0.6) is 0 Å². The third-order valence-corrected chi connectivity index (χ3v) is 4.42. The van der Waals surface area contributed by atoms with Crippen LogP contribution in [-0.2, 0) is 0 Å². The van der Waals surface area contributed by atoms with Gasteiger partial charge in [-0.1, -0.05) is 25.7 Å². The molecular weight excluding hydrogens is 184 g/mol. The van der Waals surface area contributed by atoms with Crippen LogP contribution in [-0.4, -0.2) is 30.1 Å². The Labute approximate surface area is 94.2 Å². The average Bonchev–Trinajstić information content (AvgIpc) is 2.32. The molecule has 1 aliphatic carbocycles. The molecule has 0 aromatic carbocycles. The van der Waals surface area contributed by atoms with Gasteiger partial charge in [0.05, 0.1) is 0 Å². The van der Waals surface area contributed by atoms with E-state index in [1.54, 1.807) is 0 Å². The molecule has 1 aliphatic heterocycles. The smallest absolute Gasteiger partial charge is 0.0221 e. The topological polar surface area (TPSA) is 29.3 Å². The third-order valence-electron chi connectivity index (χ3n) is 4.42. The molecule has 0 atom stereocenters. The summed E-state index contributed by atoms with van der Waals surface area (Å²) in [4.78, 5) is 2.78. The van der Waals surface area contributed by atoms with Gasteiger partial charge in [0, 0.05) is 5.54 Å². The predicted octanol–water partition coefficient (Wildman–Crippen LogP) is 2.52. The van der Waals surface area contributed by atoms with Gasteiger partial charge in [-0.15, -0.1) is 0 Å². The number of hydrogen-bond donors (Lipinski definition) is 1. The van der Waals surface area contributed by atoms with Gasteiger partial charge >= 0.3 is 0 Å². The second kappa shape index (κ2) is 5.31. The monoisotopic (exact) mass is 210 g/mol. The first kappa shape index (κ1) is 11.4. The van der Waals surface area contributed by atoms with Crippen LogP contribution in [0.4, 0.5) is 0 Å². The SMILES string of the molecule is NCCC1(N2CCCCC2)CCCCC1. The Morgan fingerprint density at radius 1 is 0.867 bits per heavy atom. The lowest BCUT2D eigenvalue weighted by molar-refractivity contribution is 0.0284. The minimum Gasteiger partial charge on any atom is -0.330 e. The van der Waals surface area contributed by atoms with Gasteiger partial charge in [-0.2, -0.15) is 0 Å². The van der Waals surface area contributed by atoms with Crippen LogP contribution in [0, 0.1) is 0 Å². The minimum absolute atomic E-state index is 0.507. The highest BCUT2D eigenvalue weighted by Crippen LogP contribution is 2.37. The van der Waals surface area contributed by atoms with Gasteiger partial charge in [-0.25, -0.2) is 0 Å². The van der Waals surface area contributed by atoms with Crippen LogP contribution in [0.3, 0.4) is 0 Å². The molecule has 15 heavy (non-hydrogen) atoms. The fourth-order valence-electron chi connectivity index (χ4n) is 3.57. The Kier molecular flexibility index (Phi) is 4.04. The molecule has 0 unspecified atom stereocenters. The summed E-state index contributed by atoms with van der Waals surface area (Å²) < 4.78 is 0. The summed E-state index contributed by atoms with van der Waals surface area (Å²) in [5.41, 5.74) is 6.33. The lowest BCUT2D eigenvalue weighted by Gasteiger charge is -2.48. The highest BCUT2D eigenvalue weighted by molar-refractivity contribution is 4.94. The fourth-order valence-corrected chi connectivity index (χ4v) is 3.57. The molecule has 0 aromatic heterocycles. The summed E-state index contributed by atoms with van der Waals surface area (Å²) in [6.45, 7) is 3.54. The molecular formula is C13H26N2. The van der Waals surface area contributed by atoms with E-state index >= 15 is 0 Å². The van der Waals surface area contributed by atoms with Crippen molar-refractivity contribution in [3.8, 4) is 0 Å². The zero-order chi connectivity index (χ0) is 10.6. The van der Waals surface area contributed by atoms with E-state index in [-0.39, 0.29) is 0 Å². The van der Waals surface area contributed by atoms with Crippen molar-refractivity contribution in [2.45, 2.75) is 63.3 Å². The molecule has 0 spiro atoms. The Morgan fingerprint density at radius 3 is 2.07 bits per heavy atom. The first-order valence-electron chi connectivity index (χ1n) is 6.82. The maximum Gasteiger partial charge on any atom is 0.0221 e. The molecule has 1 saturated carbocycles. The molecule has 88 valence electrons. The van der Waals surface area contributed by atoms with Crippen LogP contribution < -0.4 is 5.73 Å². The van der Waals surface area contributed by atoms with E-state index in [1.807, 2.05) is 0 Å². The molecule has 2 nitrogen and oxygen atoms in total. The summed E-state index contributed by atoms with van der Waals surface area (Å²) in [5, 5.41) is 0. The molecule has 0 radical (unpaired) electrons. The van der Waals surface area contributed by atoms with Gasteiger partial charge in [0.1, 0.15) is 0 Å². The second-order valence-corrected chi connectivity index (χ2v) is 5.37. The summed E-state index contributed by atoms with van der Waals surface area (Å²) in [7, 11) is 0. The van der Waals surface area contributed by atoms with Crippen LogP contribution in [0.1, 0.15) is 57.8 Å². The van der Waals surface area contributed by atoms with Gasteiger partial charge in [0.2, 0.25) is 0 Å². The number of rotatable bonds is 3. The normalized spacial score (nSPS) is 27.8. The lowest BCUT2D eigenvalue weighted by Crippen LogP contribution is -2.53. The van der Waals surface area contributed by atoms with Gasteiger partial charge in [-0.05, 0) is 51.7 Å². The molecule has 1 saturated heterocycles. The highest BCUT2D eigenvalue weighted by atomic mass is 15.2. The van der Waals surface area contributed by atoms with Gasteiger partial charge in [-0.3, -0.25) is 4.90 Å². The number of piperidine rings is 1. The van der Waals surface area contributed by atoms with E-state index in [4.69, 9.17) is 5.73 Å². The van der Waals surface area contributed by atoms with Crippen molar-refractivity contribution in [3.63, 3.8) is 0 Å². The van der Waals surface area contributed by atoms with Crippen molar-refractivity contribution in [2.75, 3.05) is 19.6 Å². The van der Waals surface area contributed by atoms with Crippen molar-refractivity contribution in [2.24, 2.45) is 5.73 Å². The van der Waals surface area contributed by atoms with Gasteiger partial charge in [0.25, 0.3) is 0 Å². The Hall–Kier alpha value is -0.0800. The number of nitrogens with zero attached hydrogens (tertiary/aromatic N) is 1. The summed E-state index contributed by atoms with van der Waals surface area (Å²) in [5.74, 6) is 0. The van der Waals surface area contributed by atoms with Gasteiger partial charge in [0.15, 0.2) is 0 Å². The van der Waals surface area contributed by atoms with E-state index < -0.39 is 0 Å². The Bertz CT molecular complexity index is 173. The first-order chi connectivity index (χ1) is 7.37. The quantitative estimate of drug-likeness (QED) is 0.775. The molecule has 0 bridgehead atoms. The fraction of sp³-hybridized carbons (Fsp3) is 1.00. The second-order valence-electron chi connectivity index (χ2n) is 5.37. The van der Waals surface area contributed by atoms with Crippen molar-refractivity contribution < 1.29 is 0 Å². The molecule has 0 amide bonds. The van der Waals surface area contributed by atoms with Crippen LogP contribution >= 0.6 is 0 Å². The van der Waals surface area contributed by atoms with Crippen molar-refractivity contribution in [1.82, 2.24) is 4.90 Å². The maximum absolute atomic E-state index is 5.82. The molecule has 2 heteroatoms. The summed E-state index contributed by atoms with van der Waals surface area (Å²) in [6, 6.07) is 0. The Balaban J connectivity index is 2.01. The van der Waals surface area contributed by atoms with Gasteiger partial charge < -0.3 is 5.73 Å². The molecule has 2 fully saturated rings. The lowest BCUT2D eigenvalue weighted by atomic mass is 9.77. The van der Waals surface area contributed by atoms with Crippen LogP contribution in [0.2, 0.25) is 0 Å². The molecule has 2 aliphatic rings. The standard InChI is InChI=1S/C13H26N2/c14-10-9-13(7-3-1-4-8-13)15-11-5-2-6-12-15/h1-12,14H2. The van der Waals surface area contributed by atoms with Crippen LogP contribution in [0.15, 0.2) is 0 Å². The molecule has 2 rings (SSSR count). The largest absolute Gasteiger partial charge is 0.330 e. The van der Waals surface area contributed by atoms with E-state index in [0.717, 1.165) is 6.54 Å². The Morgan fingerprint density at radius 2 is 1.47 bits per heavy atom. The molecule has 1 heterocycles. The summed E-state index contributed by atoms with van der Waals surface area (Å²) >= 11 is 0. The zero-order valence-electron chi connectivity index (χ0n) is 10.0. The summed E-state index contributed by atoms with van der Waals surface area (Å²) in [6.07, 6.45) is 12.6. The molecule has 2 N–H and O–H groups in total. The van der Waals surface area contributed by atoms with E-state index in [9.17, 15) is 0 Å². The highest BCUT2D eigenvalue weighted by Gasteiger charge is 2.37. The zero-order valence-corrected chi connectivity index (χ0v) is 10.0. The maximum atomic E-state index is 5.82. The minimum atomic E-state index is 0.507. The van der Waals surface area contributed by atoms with E-state index in [0.29, 0.717) is 5.54 Å². The van der Waals surface area contributed by atoms with Crippen molar-refractivity contribution >= 4 is 0 Å². The van der Waals surface area contributed by atoms with Crippen LogP contribution in [0.25, 0.3) is 0 Å². The first-order valence-corrected chi connectivity index (χ1v) is 6.82. The van der Waals surface area contributed by atoms with E-state index in [1.165, 1.54) is 70.9 Å². The number of likely N-dealkylation sites (tertiary alicyclic amines) is 1.